The number of nitrogens with zero attached hydrogens (tertiary/aromatic N) is 1. The van der Waals surface area contributed by atoms with Gasteiger partial charge in [0, 0.05) is 18.7 Å². The number of hydrogen-bond acceptors (Lipinski definition) is 5. The Morgan fingerprint density at radius 2 is 1.90 bits per heavy atom. The molecule has 0 aliphatic rings. The van der Waals surface area contributed by atoms with Crippen molar-refractivity contribution in [2.75, 3.05) is 11.9 Å². The molecule has 2 N–H and O–H groups in total. The molecule has 1 rings (SSSR count). The van der Waals surface area contributed by atoms with E-state index in [1.165, 1.54) is 12.1 Å². The van der Waals surface area contributed by atoms with E-state index in [-0.39, 0.29) is 22.5 Å². The summed E-state index contributed by atoms with van der Waals surface area (Å²) in [6, 6.07) is 3.59. The van der Waals surface area contributed by atoms with Crippen LogP contribution in [-0.2, 0) is 10.0 Å². The first kappa shape index (κ1) is 17.4. The Bertz CT molecular complexity index is 614. The van der Waals surface area contributed by atoms with Gasteiger partial charge in [-0.15, -0.1) is 0 Å². The number of nitrogens with one attached hydrogen (secondary N) is 2. The van der Waals surface area contributed by atoms with Crippen molar-refractivity contribution in [1.29, 1.82) is 0 Å². The normalized spacial score (nSPS) is 13.2. The van der Waals surface area contributed by atoms with Crippen molar-refractivity contribution in [3.8, 4) is 0 Å². The third-order valence-corrected chi connectivity index (χ3v) is 4.74. The third-order valence-electron chi connectivity index (χ3n) is 3.18. The van der Waals surface area contributed by atoms with Crippen LogP contribution in [0.1, 0.15) is 27.7 Å². The van der Waals surface area contributed by atoms with E-state index in [9.17, 15) is 18.5 Å². The molecular weight excluding hydrogens is 294 g/mol. The molecule has 0 saturated carbocycles. The predicted octanol–water partition coefficient (Wildman–Crippen LogP) is 2.35. The lowest BCUT2D eigenvalue weighted by Gasteiger charge is -2.17. The van der Waals surface area contributed by atoms with Gasteiger partial charge in [0.2, 0.25) is 10.0 Å². The van der Waals surface area contributed by atoms with Crippen LogP contribution in [0, 0.1) is 16.0 Å². The summed E-state index contributed by atoms with van der Waals surface area (Å²) in [6.07, 6.45) is 0. The lowest BCUT2D eigenvalue weighted by atomic mass is 10.1. The fourth-order valence-electron chi connectivity index (χ4n) is 1.62. The van der Waals surface area contributed by atoms with Crippen LogP contribution in [-0.4, -0.2) is 25.9 Å². The fraction of sp³-hybridized carbons (Fsp3) is 0.538. The molecule has 1 aromatic rings. The van der Waals surface area contributed by atoms with Crippen molar-refractivity contribution in [2.45, 2.75) is 38.6 Å². The van der Waals surface area contributed by atoms with E-state index in [1.807, 2.05) is 13.8 Å². The number of sulfonamides is 1. The minimum absolute atomic E-state index is 0.108. The molecule has 0 fully saturated rings. The molecule has 0 saturated heterocycles. The molecule has 1 atom stereocenters. The molecule has 0 bridgehead atoms. The topological polar surface area (TPSA) is 101 Å². The maximum absolute atomic E-state index is 12.2. The molecule has 0 aromatic heterocycles. The van der Waals surface area contributed by atoms with Gasteiger partial charge >= 0.3 is 0 Å². The molecule has 1 unspecified atom stereocenters. The van der Waals surface area contributed by atoms with Gasteiger partial charge < -0.3 is 5.32 Å². The van der Waals surface area contributed by atoms with Crippen LogP contribution in [0.15, 0.2) is 23.1 Å². The quantitative estimate of drug-likeness (QED) is 0.594. The predicted molar refractivity (Wildman–Crippen MR) is 81.9 cm³/mol. The van der Waals surface area contributed by atoms with Crippen LogP contribution in [0.2, 0.25) is 0 Å². The fourth-order valence-corrected chi connectivity index (χ4v) is 3.03. The molecule has 0 spiro atoms. The molecule has 0 aliphatic carbocycles. The lowest BCUT2D eigenvalue weighted by molar-refractivity contribution is -0.384. The second-order valence-electron chi connectivity index (χ2n) is 5.12. The number of nitro groups is 1. The van der Waals surface area contributed by atoms with Gasteiger partial charge in [0.05, 0.1) is 9.82 Å². The number of nitro benzene ring substituents is 1. The SMILES string of the molecule is CCNc1ccc(S(=O)(=O)NC(C)C(C)C)cc1[N+](=O)[O-]. The molecule has 0 radical (unpaired) electrons. The van der Waals surface area contributed by atoms with E-state index < -0.39 is 14.9 Å². The van der Waals surface area contributed by atoms with E-state index in [2.05, 4.69) is 10.0 Å². The van der Waals surface area contributed by atoms with Crippen LogP contribution in [0.25, 0.3) is 0 Å². The highest BCUT2D eigenvalue weighted by atomic mass is 32.2. The van der Waals surface area contributed by atoms with Crippen LogP contribution >= 0.6 is 0 Å². The Morgan fingerprint density at radius 3 is 2.38 bits per heavy atom. The monoisotopic (exact) mass is 315 g/mol. The minimum Gasteiger partial charge on any atom is -0.380 e. The van der Waals surface area contributed by atoms with E-state index >= 15 is 0 Å². The molecule has 7 nitrogen and oxygen atoms in total. The zero-order chi connectivity index (χ0) is 16.2. The zero-order valence-electron chi connectivity index (χ0n) is 12.6. The Hall–Kier alpha value is -1.67. The largest absolute Gasteiger partial charge is 0.380 e. The standard InChI is InChI=1S/C13H21N3O4S/c1-5-14-12-7-6-11(8-13(12)16(17)18)21(19,20)15-10(4)9(2)3/h6-10,14-15H,5H2,1-4H3. The van der Waals surface area contributed by atoms with Gasteiger partial charge in [0.15, 0.2) is 0 Å². The smallest absolute Gasteiger partial charge is 0.293 e. The van der Waals surface area contributed by atoms with Gasteiger partial charge in [0.25, 0.3) is 5.69 Å². The van der Waals surface area contributed by atoms with E-state index in [1.54, 1.807) is 13.8 Å². The highest BCUT2D eigenvalue weighted by Gasteiger charge is 2.23. The van der Waals surface area contributed by atoms with Gasteiger partial charge in [-0.3, -0.25) is 10.1 Å². The molecule has 118 valence electrons. The average Bonchev–Trinajstić information content (AvgIpc) is 2.38. The minimum atomic E-state index is -3.77. The summed E-state index contributed by atoms with van der Waals surface area (Å²) in [4.78, 5) is 10.4. The first-order valence-corrected chi connectivity index (χ1v) is 8.22. The van der Waals surface area contributed by atoms with E-state index in [0.29, 0.717) is 12.2 Å². The van der Waals surface area contributed by atoms with Crippen molar-refractivity contribution in [3.05, 3.63) is 28.3 Å². The molecule has 1 aromatic carbocycles. The Kier molecular flexibility index (Phi) is 5.68. The summed E-state index contributed by atoms with van der Waals surface area (Å²) in [5.41, 5.74) is 0.0512. The maximum atomic E-state index is 12.2. The summed E-state index contributed by atoms with van der Waals surface area (Å²) >= 11 is 0. The zero-order valence-corrected chi connectivity index (χ0v) is 13.4. The Balaban J connectivity index is 3.19. The van der Waals surface area contributed by atoms with Gasteiger partial charge in [-0.05, 0) is 31.9 Å². The molecule has 0 aliphatic heterocycles. The molecular formula is C13H21N3O4S. The first-order valence-electron chi connectivity index (χ1n) is 6.73. The molecule has 21 heavy (non-hydrogen) atoms. The number of anilines is 1. The van der Waals surface area contributed by atoms with Crippen LogP contribution in [0.5, 0.6) is 0 Å². The third kappa shape index (κ3) is 4.40. The first-order chi connectivity index (χ1) is 9.69. The number of hydrogen-bond donors (Lipinski definition) is 2. The Morgan fingerprint density at radius 1 is 1.29 bits per heavy atom. The van der Waals surface area contributed by atoms with Crippen molar-refractivity contribution in [2.24, 2.45) is 5.92 Å². The summed E-state index contributed by atoms with van der Waals surface area (Å²) < 4.78 is 27.0. The summed E-state index contributed by atoms with van der Waals surface area (Å²) in [6.45, 7) is 7.85. The van der Waals surface area contributed by atoms with Crippen LogP contribution in [0.4, 0.5) is 11.4 Å². The second kappa shape index (κ2) is 6.86. The highest BCUT2D eigenvalue weighted by Crippen LogP contribution is 2.27. The Labute approximate surface area is 124 Å². The van der Waals surface area contributed by atoms with Crippen molar-refractivity contribution in [1.82, 2.24) is 4.72 Å². The molecule has 0 amide bonds. The summed E-state index contributed by atoms with van der Waals surface area (Å²) in [7, 11) is -3.77. The number of rotatable bonds is 7. The average molecular weight is 315 g/mol. The van der Waals surface area contributed by atoms with Gasteiger partial charge in [-0.2, -0.15) is 0 Å². The highest BCUT2D eigenvalue weighted by molar-refractivity contribution is 7.89. The van der Waals surface area contributed by atoms with Gasteiger partial charge in [-0.1, -0.05) is 13.8 Å². The van der Waals surface area contributed by atoms with Gasteiger partial charge in [-0.25, -0.2) is 13.1 Å². The lowest BCUT2D eigenvalue weighted by Crippen LogP contribution is -2.36. The summed E-state index contributed by atoms with van der Waals surface area (Å²) in [5, 5.41) is 13.9. The van der Waals surface area contributed by atoms with Crippen molar-refractivity contribution >= 4 is 21.4 Å². The van der Waals surface area contributed by atoms with Crippen molar-refractivity contribution in [3.63, 3.8) is 0 Å². The van der Waals surface area contributed by atoms with E-state index in [0.717, 1.165) is 6.07 Å². The number of benzene rings is 1. The summed E-state index contributed by atoms with van der Waals surface area (Å²) in [5.74, 6) is 0.121. The van der Waals surface area contributed by atoms with Crippen LogP contribution in [0.3, 0.4) is 0 Å². The van der Waals surface area contributed by atoms with Crippen molar-refractivity contribution < 1.29 is 13.3 Å². The maximum Gasteiger partial charge on any atom is 0.293 e. The molecule has 8 heteroatoms. The van der Waals surface area contributed by atoms with Gasteiger partial charge in [0.1, 0.15) is 5.69 Å². The second-order valence-corrected chi connectivity index (χ2v) is 6.83. The van der Waals surface area contributed by atoms with E-state index in [4.69, 9.17) is 0 Å². The van der Waals surface area contributed by atoms with Crippen LogP contribution < -0.4 is 10.0 Å². The molecule has 0 heterocycles.